The van der Waals surface area contributed by atoms with Crippen LogP contribution in [0.15, 0.2) is 37.4 Å². The largest absolute Gasteiger partial charge is 0.343 e. The number of nitrogens with zero attached hydrogens (tertiary/aromatic N) is 8. The van der Waals surface area contributed by atoms with E-state index >= 15 is 0 Å². The number of carbonyl (C=O) groups is 3. The summed E-state index contributed by atoms with van der Waals surface area (Å²) in [5.74, 6) is -0.407. The highest BCUT2D eigenvalue weighted by Crippen LogP contribution is 2.28. The summed E-state index contributed by atoms with van der Waals surface area (Å²) in [6.07, 6.45) is 8.78. The minimum Gasteiger partial charge on any atom is -0.316 e. The lowest BCUT2D eigenvalue weighted by Crippen LogP contribution is -2.67. The number of carbonyl (C=O) groups excluding carboxylic acids is 3. The third kappa shape index (κ3) is 3.17. The van der Waals surface area contributed by atoms with Crippen molar-refractivity contribution >= 4 is 17.8 Å². The maximum atomic E-state index is 13.5. The second-order valence-corrected chi connectivity index (χ2v) is 7.89. The lowest BCUT2D eigenvalue weighted by molar-refractivity contribution is -0.128. The first-order chi connectivity index (χ1) is 14.1. The number of nitrogens with two attached hydrogens (primary N) is 2. The summed E-state index contributed by atoms with van der Waals surface area (Å²) in [5.41, 5.74) is 10.2. The van der Waals surface area contributed by atoms with E-state index in [1.54, 1.807) is 24.1 Å². The molecule has 2 aromatic rings. The molecule has 2 saturated heterocycles. The van der Waals surface area contributed by atoms with E-state index < -0.39 is 16.9 Å². The van der Waals surface area contributed by atoms with Gasteiger partial charge in [-0.15, -0.1) is 0 Å². The minimum absolute atomic E-state index is 0.0303. The molecular weight excluding hydrogens is 392 g/mol. The fraction of sp³-hybridized carbons (Fsp3) is 0.471. The summed E-state index contributed by atoms with van der Waals surface area (Å²) in [4.78, 5) is 46.6. The Balaban J connectivity index is 1.52. The van der Waals surface area contributed by atoms with Gasteiger partial charge in [-0.2, -0.15) is 0 Å². The molecule has 0 spiro atoms. The monoisotopic (exact) mass is 416 g/mol. The number of Topliss-reactive ketones (excluding diaryl/α,β-unsaturated/α-hetero) is 1. The van der Waals surface area contributed by atoms with Gasteiger partial charge in [-0.25, -0.2) is 29.6 Å². The summed E-state index contributed by atoms with van der Waals surface area (Å²) < 4.78 is 2.61. The number of imidazole rings is 2. The van der Waals surface area contributed by atoms with Crippen LogP contribution < -0.4 is 11.5 Å². The molecule has 13 nitrogen and oxygen atoms in total. The molecule has 160 valence electrons. The zero-order chi connectivity index (χ0) is 21.7. The molecule has 2 unspecified atom stereocenters. The lowest BCUT2D eigenvalue weighted by Gasteiger charge is -2.30. The van der Waals surface area contributed by atoms with Crippen LogP contribution >= 0.6 is 0 Å². The van der Waals surface area contributed by atoms with E-state index in [2.05, 4.69) is 9.97 Å². The van der Waals surface area contributed by atoms with Crippen LogP contribution in [0.5, 0.6) is 0 Å². The molecule has 4 rings (SSSR count). The molecule has 0 saturated carbocycles. The van der Waals surface area contributed by atoms with Crippen LogP contribution in [-0.2, 0) is 4.79 Å². The molecule has 2 fully saturated rings. The standard InChI is InChI=1S/C17H24N10O3/c1-22-7-16(18,9-26(22)14(29)24-5-3-20-11-24)13(28)17(19)8-23(2)27(10-17)15(30)25-6-4-21-12-25/h3-6,11-12H,7-10,18-19H2,1-2H3. The first-order valence-electron chi connectivity index (χ1n) is 9.29. The molecular formula is C17H24N10O3. The Hall–Kier alpha value is -3.13. The Morgan fingerprint density at radius 3 is 1.50 bits per heavy atom. The number of ketones is 1. The highest BCUT2D eigenvalue weighted by molar-refractivity contribution is 5.99. The van der Waals surface area contributed by atoms with Crippen molar-refractivity contribution in [2.24, 2.45) is 11.5 Å². The van der Waals surface area contributed by atoms with Gasteiger partial charge in [0, 0.05) is 52.0 Å². The molecule has 2 amide bonds. The van der Waals surface area contributed by atoms with Crippen molar-refractivity contribution in [3.63, 3.8) is 0 Å². The van der Waals surface area contributed by atoms with Crippen LogP contribution in [0, 0.1) is 0 Å². The van der Waals surface area contributed by atoms with E-state index in [-0.39, 0.29) is 38.2 Å². The topological polar surface area (TPSA) is 152 Å². The van der Waals surface area contributed by atoms with Gasteiger partial charge in [-0.3, -0.25) is 23.9 Å². The first kappa shape index (κ1) is 20.2. The van der Waals surface area contributed by atoms with E-state index in [0.29, 0.717) is 0 Å². The summed E-state index contributed by atoms with van der Waals surface area (Å²) in [6.45, 7) is 0.170. The Kier molecular flexibility index (Phi) is 4.69. The SMILES string of the molecule is CN1CC(N)(C(=O)C2(N)CN(C)N(C(=O)n3ccnc3)C2)CN1C(=O)n1ccnc1. The van der Waals surface area contributed by atoms with E-state index in [0.717, 1.165) is 0 Å². The van der Waals surface area contributed by atoms with Crippen molar-refractivity contribution in [2.45, 2.75) is 11.1 Å². The van der Waals surface area contributed by atoms with Crippen LogP contribution in [0.25, 0.3) is 0 Å². The fourth-order valence-electron chi connectivity index (χ4n) is 4.08. The number of likely N-dealkylation sites (N-methyl/N-ethyl adjacent to an activating group) is 2. The molecule has 2 aliphatic heterocycles. The highest BCUT2D eigenvalue weighted by atomic mass is 16.2. The Morgan fingerprint density at radius 2 is 1.17 bits per heavy atom. The van der Waals surface area contributed by atoms with Gasteiger partial charge in [-0.1, -0.05) is 0 Å². The van der Waals surface area contributed by atoms with E-state index in [4.69, 9.17) is 11.5 Å². The summed E-state index contributed by atoms with van der Waals surface area (Å²) in [5, 5.41) is 5.96. The molecule has 30 heavy (non-hydrogen) atoms. The maximum Gasteiger partial charge on any atom is 0.343 e. The van der Waals surface area contributed by atoms with Crippen molar-refractivity contribution in [3.05, 3.63) is 37.4 Å². The number of hydrogen-bond acceptors (Lipinski definition) is 9. The number of rotatable bonds is 2. The zero-order valence-electron chi connectivity index (χ0n) is 16.7. The molecule has 4 heterocycles. The van der Waals surface area contributed by atoms with E-state index in [1.165, 1.54) is 56.6 Å². The van der Waals surface area contributed by atoms with Crippen LogP contribution in [0.1, 0.15) is 0 Å². The molecule has 0 radical (unpaired) electrons. The summed E-state index contributed by atoms with van der Waals surface area (Å²) in [6, 6.07) is -0.747. The summed E-state index contributed by atoms with van der Waals surface area (Å²) in [7, 11) is 3.35. The van der Waals surface area contributed by atoms with E-state index in [1.807, 2.05) is 0 Å². The molecule has 0 bridgehead atoms. The average molecular weight is 416 g/mol. The molecule has 0 aliphatic carbocycles. The molecule has 2 aromatic heterocycles. The second kappa shape index (κ2) is 6.98. The van der Waals surface area contributed by atoms with Gasteiger partial charge in [0.1, 0.15) is 23.7 Å². The lowest BCUT2D eigenvalue weighted by atomic mass is 9.82. The number of hydrogen-bond donors (Lipinski definition) is 2. The van der Waals surface area contributed by atoms with Crippen LogP contribution in [0.4, 0.5) is 9.59 Å². The third-order valence-electron chi connectivity index (χ3n) is 5.51. The zero-order valence-corrected chi connectivity index (χ0v) is 16.7. The van der Waals surface area contributed by atoms with Crippen molar-refractivity contribution in [1.29, 1.82) is 0 Å². The van der Waals surface area contributed by atoms with Gasteiger partial charge in [0.15, 0.2) is 5.78 Å². The fourth-order valence-corrected chi connectivity index (χ4v) is 4.08. The van der Waals surface area contributed by atoms with Crippen LogP contribution in [0.3, 0.4) is 0 Å². The van der Waals surface area contributed by atoms with Gasteiger partial charge in [0.05, 0.1) is 13.1 Å². The van der Waals surface area contributed by atoms with Gasteiger partial charge in [-0.05, 0) is 0 Å². The Labute approximate surface area is 172 Å². The molecule has 2 aliphatic rings. The normalized spacial score (nSPS) is 27.7. The smallest absolute Gasteiger partial charge is 0.316 e. The average Bonchev–Trinajstić information content (AvgIpc) is 3.48. The number of hydrazine groups is 2. The van der Waals surface area contributed by atoms with Crippen molar-refractivity contribution in [1.82, 2.24) is 39.1 Å². The van der Waals surface area contributed by atoms with Crippen molar-refractivity contribution in [2.75, 3.05) is 40.3 Å². The van der Waals surface area contributed by atoms with Crippen molar-refractivity contribution < 1.29 is 14.4 Å². The second-order valence-electron chi connectivity index (χ2n) is 7.89. The Morgan fingerprint density at radius 1 is 0.767 bits per heavy atom. The van der Waals surface area contributed by atoms with Gasteiger partial charge < -0.3 is 11.5 Å². The summed E-state index contributed by atoms with van der Waals surface area (Å²) >= 11 is 0. The predicted octanol–water partition coefficient (Wildman–Crippen LogP) is -2.00. The highest BCUT2D eigenvalue weighted by Gasteiger charge is 2.56. The maximum absolute atomic E-state index is 13.5. The molecule has 13 heteroatoms. The van der Waals surface area contributed by atoms with Gasteiger partial charge >= 0.3 is 12.1 Å². The number of amides is 2. The molecule has 0 aromatic carbocycles. The van der Waals surface area contributed by atoms with Gasteiger partial charge in [0.25, 0.3) is 0 Å². The van der Waals surface area contributed by atoms with Gasteiger partial charge in [0.2, 0.25) is 0 Å². The Bertz CT molecular complexity index is 884. The van der Waals surface area contributed by atoms with Crippen molar-refractivity contribution in [3.8, 4) is 0 Å². The first-order valence-corrected chi connectivity index (χ1v) is 9.29. The third-order valence-corrected chi connectivity index (χ3v) is 5.51. The number of aromatic nitrogens is 4. The quantitative estimate of drug-likeness (QED) is 0.566. The van der Waals surface area contributed by atoms with E-state index in [9.17, 15) is 14.4 Å². The molecule has 4 N–H and O–H groups in total. The van der Waals surface area contributed by atoms with Crippen LogP contribution in [-0.4, -0.2) is 108 Å². The van der Waals surface area contributed by atoms with Crippen LogP contribution in [0.2, 0.25) is 0 Å². The molecule has 2 atom stereocenters. The predicted molar refractivity (Wildman–Crippen MR) is 104 cm³/mol. The minimum atomic E-state index is -1.38.